The lowest BCUT2D eigenvalue weighted by Gasteiger charge is -2.23. The van der Waals surface area contributed by atoms with E-state index in [0.717, 1.165) is 19.6 Å². The van der Waals surface area contributed by atoms with Crippen LogP contribution in [-0.4, -0.2) is 30.4 Å². The standard InChI is InChI=1S/C16H26N2OS/c1-2-18(12-15-9-6-10-20-15)13-16(19)17-11-14-7-4-3-5-8-14/h6,9-10,14H,2-5,7-8,11-13H2,1H3,(H,17,19). The van der Waals surface area contributed by atoms with Gasteiger partial charge in [-0.2, -0.15) is 0 Å². The minimum absolute atomic E-state index is 0.175. The van der Waals surface area contributed by atoms with Crippen molar-refractivity contribution in [1.82, 2.24) is 10.2 Å². The molecule has 2 rings (SSSR count). The molecule has 1 fully saturated rings. The summed E-state index contributed by atoms with van der Waals surface area (Å²) in [4.78, 5) is 15.6. The normalized spacial score (nSPS) is 16.5. The van der Waals surface area contributed by atoms with E-state index in [-0.39, 0.29) is 5.91 Å². The molecule has 1 aromatic heterocycles. The molecule has 20 heavy (non-hydrogen) atoms. The van der Waals surface area contributed by atoms with Crippen molar-refractivity contribution < 1.29 is 4.79 Å². The van der Waals surface area contributed by atoms with Crippen LogP contribution in [0.5, 0.6) is 0 Å². The molecule has 3 nitrogen and oxygen atoms in total. The van der Waals surface area contributed by atoms with Gasteiger partial charge in [0.15, 0.2) is 0 Å². The second-order valence-electron chi connectivity index (χ2n) is 5.69. The van der Waals surface area contributed by atoms with E-state index in [4.69, 9.17) is 0 Å². The zero-order valence-electron chi connectivity index (χ0n) is 12.4. The molecular formula is C16H26N2OS. The molecule has 1 aliphatic carbocycles. The first kappa shape index (κ1) is 15.5. The van der Waals surface area contributed by atoms with Crippen LogP contribution in [-0.2, 0) is 11.3 Å². The number of thiophene rings is 1. The Morgan fingerprint density at radius 1 is 1.40 bits per heavy atom. The second kappa shape index (κ2) is 8.42. The highest BCUT2D eigenvalue weighted by Gasteiger charge is 2.15. The molecule has 0 unspecified atom stereocenters. The van der Waals surface area contributed by atoms with Crippen molar-refractivity contribution >= 4 is 17.2 Å². The summed E-state index contributed by atoms with van der Waals surface area (Å²) in [6.45, 7) is 5.29. The Hall–Kier alpha value is -0.870. The number of likely N-dealkylation sites (N-methyl/N-ethyl adjacent to an activating group) is 1. The Labute approximate surface area is 126 Å². The molecule has 1 N–H and O–H groups in total. The van der Waals surface area contributed by atoms with Gasteiger partial charge in [0.2, 0.25) is 5.91 Å². The summed E-state index contributed by atoms with van der Waals surface area (Å²) < 4.78 is 0. The number of hydrogen-bond acceptors (Lipinski definition) is 3. The van der Waals surface area contributed by atoms with Crippen LogP contribution in [0.2, 0.25) is 0 Å². The van der Waals surface area contributed by atoms with Crippen LogP contribution in [0.3, 0.4) is 0 Å². The van der Waals surface area contributed by atoms with Crippen molar-refractivity contribution in [3.05, 3.63) is 22.4 Å². The fraction of sp³-hybridized carbons (Fsp3) is 0.688. The van der Waals surface area contributed by atoms with Crippen LogP contribution in [0, 0.1) is 5.92 Å². The Kier molecular flexibility index (Phi) is 6.54. The molecular weight excluding hydrogens is 268 g/mol. The third-order valence-electron chi connectivity index (χ3n) is 4.09. The molecule has 1 amide bonds. The number of amides is 1. The molecule has 0 radical (unpaired) electrons. The Bertz CT molecular complexity index is 385. The molecule has 1 saturated carbocycles. The van der Waals surface area contributed by atoms with E-state index in [2.05, 4.69) is 34.7 Å². The average Bonchev–Trinajstić information content (AvgIpc) is 2.98. The van der Waals surface area contributed by atoms with E-state index in [1.54, 1.807) is 11.3 Å². The summed E-state index contributed by atoms with van der Waals surface area (Å²) in [6, 6.07) is 4.20. The summed E-state index contributed by atoms with van der Waals surface area (Å²) in [6.07, 6.45) is 6.61. The van der Waals surface area contributed by atoms with Gasteiger partial charge in [0, 0.05) is 18.0 Å². The number of carbonyl (C=O) groups is 1. The maximum Gasteiger partial charge on any atom is 0.234 e. The molecule has 112 valence electrons. The van der Waals surface area contributed by atoms with E-state index >= 15 is 0 Å². The van der Waals surface area contributed by atoms with E-state index in [0.29, 0.717) is 12.5 Å². The molecule has 0 saturated heterocycles. The Balaban J connectivity index is 1.68. The zero-order valence-corrected chi connectivity index (χ0v) is 13.3. The fourth-order valence-corrected chi connectivity index (χ4v) is 3.56. The zero-order chi connectivity index (χ0) is 14.2. The number of nitrogens with one attached hydrogen (secondary N) is 1. The molecule has 0 spiro atoms. The highest BCUT2D eigenvalue weighted by Crippen LogP contribution is 2.22. The highest BCUT2D eigenvalue weighted by atomic mass is 32.1. The van der Waals surface area contributed by atoms with E-state index in [1.165, 1.54) is 37.0 Å². The van der Waals surface area contributed by atoms with E-state index in [1.807, 2.05) is 0 Å². The van der Waals surface area contributed by atoms with Crippen molar-refractivity contribution in [3.63, 3.8) is 0 Å². The van der Waals surface area contributed by atoms with Crippen LogP contribution < -0.4 is 5.32 Å². The quantitative estimate of drug-likeness (QED) is 0.837. The second-order valence-corrected chi connectivity index (χ2v) is 6.72. The lowest BCUT2D eigenvalue weighted by Crippen LogP contribution is -2.39. The van der Waals surface area contributed by atoms with Gasteiger partial charge in [-0.3, -0.25) is 9.69 Å². The summed E-state index contributed by atoms with van der Waals surface area (Å²) in [5.74, 6) is 0.883. The fourth-order valence-electron chi connectivity index (χ4n) is 2.81. The molecule has 0 bridgehead atoms. The largest absolute Gasteiger partial charge is 0.355 e. The molecule has 4 heteroatoms. The van der Waals surface area contributed by atoms with Gasteiger partial charge in [-0.1, -0.05) is 32.3 Å². The van der Waals surface area contributed by atoms with Crippen molar-refractivity contribution in [1.29, 1.82) is 0 Å². The van der Waals surface area contributed by atoms with Gasteiger partial charge in [0.05, 0.1) is 6.54 Å². The van der Waals surface area contributed by atoms with Crippen molar-refractivity contribution in [2.45, 2.75) is 45.6 Å². The van der Waals surface area contributed by atoms with Gasteiger partial charge in [-0.25, -0.2) is 0 Å². The van der Waals surface area contributed by atoms with Gasteiger partial charge in [0.1, 0.15) is 0 Å². The molecule has 0 atom stereocenters. The van der Waals surface area contributed by atoms with E-state index in [9.17, 15) is 4.79 Å². The number of rotatable bonds is 7. The van der Waals surface area contributed by atoms with Gasteiger partial charge < -0.3 is 5.32 Å². The minimum Gasteiger partial charge on any atom is -0.355 e. The third-order valence-corrected chi connectivity index (χ3v) is 4.95. The monoisotopic (exact) mass is 294 g/mol. The topological polar surface area (TPSA) is 32.3 Å². The van der Waals surface area contributed by atoms with Crippen molar-refractivity contribution in [2.75, 3.05) is 19.6 Å². The number of nitrogens with zero attached hydrogens (tertiary/aromatic N) is 1. The summed E-state index contributed by atoms with van der Waals surface area (Å²) in [5.41, 5.74) is 0. The summed E-state index contributed by atoms with van der Waals surface area (Å²) in [5, 5.41) is 5.21. The van der Waals surface area contributed by atoms with E-state index < -0.39 is 0 Å². The van der Waals surface area contributed by atoms with Crippen molar-refractivity contribution in [2.24, 2.45) is 5.92 Å². The van der Waals surface area contributed by atoms with Crippen LogP contribution in [0.25, 0.3) is 0 Å². The average molecular weight is 294 g/mol. The maximum atomic E-state index is 12.0. The van der Waals surface area contributed by atoms with Crippen LogP contribution in [0.15, 0.2) is 17.5 Å². The van der Waals surface area contributed by atoms with Gasteiger partial charge in [-0.15, -0.1) is 11.3 Å². The minimum atomic E-state index is 0.175. The third kappa shape index (κ3) is 5.25. The number of hydrogen-bond donors (Lipinski definition) is 1. The highest BCUT2D eigenvalue weighted by molar-refractivity contribution is 7.09. The lowest BCUT2D eigenvalue weighted by molar-refractivity contribution is -0.122. The summed E-state index contributed by atoms with van der Waals surface area (Å²) >= 11 is 1.76. The molecule has 1 aliphatic rings. The number of carbonyl (C=O) groups excluding carboxylic acids is 1. The smallest absolute Gasteiger partial charge is 0.234 e. The Morgan fingerprint density at radius 3 is 2.85 bits per heavy atom. The Morgan fingerprint density at radius 2 is 2.20 bits per heavy atom. The first-order valence-corrected chi connectivity index (χ1v) is 8.67. The SMILES string of the molecule is CCN(CC(=O)NCC1CCCCC1)Cc1cccs1. The predicted octanol–water partition coefficient (Wildman–Crippen LogP) is 3.27. The maximum absolute atomic E-state index is 12.0. The van der Waals surface area contributed by atoms with Gasteiger partial charge in [-0.05, 0) is 36.8 Å². The molecule has 0 aromatic carbocycles. The molecule has 1 heterocycles. The predicted molar refractivity (Wildman–Crippen MR) is 84.9 cm³/mol. The molecule has 0 aliphatic heterocycles. The lowest BCUT2D eigenvalue weighted by atomic mass is 9.89. The first-order chi connectivity index (χ1) is 9.78. The van der Waals surface area contributed by atoms with Crippen LogP contribution in [0.1, 0.15) is 43.9 Å². The van der Waals surface area contributed by atoms with Crippen LogP contribution in [0.4, 0.5) is 0 Å². The molecule has 1 aromatic rings. The summed E-state index contributed by atoms with van der Waals surface area (Å²) in [7, 11) is 0. The van der Waals surface area contributed by atoms with Crippen molar-refractivity contribution in [3.8, 4) is 0 Å². The van der Waals surface area contributed by atoms with Crippen LogP contribution >= 0.6 is 11.3 Å². The van der Waals surface area contributed by atoms with Gasteiger partial charge in [0.25, 0.3) is 0 Å². The first-order valence-electron chi connectivity index (χ1n) is 7.79. The van der Waals surface area contributed by atoms with Gasteiger partial charge >= 0.3 is 0 Å².